The summed E-state index contributed by atoms with van der Waals surface area (Å²) in [7, 11) is 0. The molecule has 2 aromatic heterocycles. The molecular formula is C24H29N5O2. The molecular weight excluding hydrogens is 390 g/mol. The number of hydrogen-bond acceptors (Lipinski definition) is 7. The highest BCUT2D eigenvalue weighted by Gasteiger charge is 2.29. The maximum Gasteiger partial charge on any atom is 0.257 e. The lowest BCUT2D eigenvalue weighted by Gasteiger charge is -2.37. The Morgan fingerprint density at radius 1 is 0.968 bits per heavy atom. The molecule has 162 valence electrons. The van der Waals surface area contributed by atoms with Gasteiger partial charge in [-0.05, 0) is 50.3 Å². The number of aliphatic hydroxyl groups is 1. The first-order valence-corrected chi connectivity index (χ1v) is 11.3. The third kappa shape index (κ3) is 4.28. The van der Waals surface area contributed by atoms with Gasteiger partial charge >= 0.3 is 0 Å². The fraction of sp³-hybridized carbons (Fsp3) is 0.458. The number of rotatable bonds is 5. The van der Waals surface area contributed by atoms with Gasteiger partial charge in [0.25, 0.3) is 5.88 Å². The highest BCUT2D eigenvalue weighted by Crippen LogP contribution is 2.31. The Kier molecular flexibility index (Phi) is 5.84. The molecule has 2 fully saturated rings. The van der Waals surface area contributed by atoms with Crippen LogP contribution in [0.5, 0.6) is 5.88 Å². The largest absolute Gasteiger partial charge is 0.470 e. The van der Waals surface area contributed by atoms with Gasteiger partial charge in [0.1, 0.15) is 11.9 Å². The van der Waals surface area contributed by atoms with Gasteiger partial charge in [-0.2, -0.15) is 0 Å². The number of para-hydroxylation sites is 1. The van der Waals surface area contributed by atoms with Crippen molar-refractivity contribution in [2.24, 2.45) is 0 Å². The van der Waals surface area contributed by atoms with Gasteiger partial charge in [-0.3, -0.25) is 0 Å². The molecule has 2 aliphatic heterocycles. The van der Waals surface area contributed by atoms with Gasteiger partial charge in [0.15, 0.2) is 5.82 Å². The predicted octanol–water partition coefficient (Wildman–Crippen LogP) is 3.42. The van der Waals surface area contributed by atoms with Crippen molar-refractivity contribution in [2.45, 2.75) is 44.2 Å². The summed E-state index contributed by atoms with van der Waals surface area (Å²) in [6.45, 7) is 2.74. The number of aromatic nitrogens is 3. The summed E-state index contributed by atoms with van der Waals surface area (Å²) >= 11 is 0. The lowest BCUT2D eigenvalue weighted by molar-refractivity contribution is 0.170. The molecule has 0 bridgehead atoms. The number of anilines is 2. The molecule has 0 spiro atoms. The lowest BCUT2D eigenvalue weighted by atomic mass is 10.0. The van der Waals surface area contributed by atoms with Gasteiger partial charge < -0.3 is 19.6 Å². The molecule has 2 saturated heterocycles. The van der Waals surface area contributed by atoms with E-state index in [0.717, 1.165) is 74.3 Å². The van der Waals surface area contributed by atoms with Crippen LogP contribution in [0.2, 0.25) is 0 Å². The molecule has 0 radical (unpaired) electrons. The summed E-state index contributed by atoms with van der Waals surface area (Å²) in [6, 6.07) is 12.5. The van der Waals surface area contributed by atoms with E-state index >= 15 is 0 Å². The van der Waals surface area contributed by atoms with E-state index in [-0.39, 0.29) is 18.8 Å². The zero-order valence-corrected chi connectivity index (χ0v) is 17.7. The average Bonchev–Trinajstić information content (AvgIpc) is 2.84. The van der Waals surface area contributed by atoms with Gasteiger partial charge in [-0.25, -0.2) is 15.0 Å². The molecule has 0 aliphatic carbocycles. The number of piperidine rings is 2. The number of ether oxygens (including phenoxy) is 1. The molecule has 0 saturated carbocycles. The van der Waals surface area contributed by atoms with E-state index in [0.29, 0.717) is 5.88 Å². The van der Waals surface area contributed by atoms with Crippen LogP contribution in [0.15, 0.2) is 48.8 Å². The smallest absolute Gasteiger partial charge is 0.257 e. The zero-order valence-electron chi connectivity index (χ0n) is 17.7. The van der Waals surface area contributed by atoms with Crippen LogP contribution in [0.1, 0.15) is 32.1 Å². The van der Waals surface area contributed by atoms with Crippen molar-refractivity contribution >= 4 is 22.5 Å². The number of nitrogens with zero attached hydrogens (tertiary/aromatic N) is 5. The second kappa shape index (κ2) is 9.06. The molecule has 7 nitrogen and oxygen atoms in total. The Labute approximate surface area is 182 Å². The Bertz CT molecular complexity index is 1030. The maximum atomic E-state index is 9.83. The number of benzene rings is 1. The number of pyridine rings is 1. The summed E-state index contributed by atoms with van der Waals surface area (Å²) in [5.41, 5.74) is 1.01. The minimum absolute atomic E-state index is 0.0230. The van der Waals surface area contributed by atoms with Crippen molar-refractivity contribution < 1.29 is 9.84 Å². The Morgan fingerprint density at radius 3 is 2.81 bits per heavy atom. The number of aliphatic hydroxyl groups excluding tert-OH is 1. The molecule has 1 unspecified atom stereocenters. The van der Waals surface area contributed by atoms with Crippen LogP contribution in [0.25, 0.3) is 10.9 Å². The number of fused-ring (bicyclic) bond motifs is 1. The topological polar surface area (TPSA) is 74.6 Å². The van der Waals surface area contributed by atoms with Crippen LogP contribution in [-0.2, 0) is 0 Å². The van der Waals surface area contributed by atoms with E-state index < -0.39 is 0 Å². The fourth-order valence-electron chi connectivity index (χ4n) is 4.70. The standard InChI is InChI=1S/C24H29N5O2/c30-17-19-7-3-4-15-29(19)23-24(26-13-12-25-23)31-20-8-5-14-28(16-20)22-11-10-18-6-1-2-9-21(18)27-22/h1-2,6,9-13,19-20,30H,3-5,7-8,14-17H2/t19?,20-/m1/s1. The quantitative estimate of drug-likeness (QED) is 0.679. The van der Waals surface area contributed by atoms with Crippen LogP contribution in [0.3, 0.4) is 0 Å². The summed E-state index contributed by atoms with van der Waals surface area (Å²) in [5.74, 6) is 2.31. The van der Waals surface area contributed by atoms with E-state index in [2.05, 4.69) is 44.0 Å². The van der Waals surface area contributed by atoms with Crippen molar-refractivity contribution in [2.75, 3.05) is 36.0 Å². The van der Waals surface area contributed by atoms with Crippen LogP contribution in [-0.4, -0.2) is 58.4 Å². The Balaban J connectivity index is 1.33. The van der Waals surface area contributed by atoms with Crippen LogP contribution >= 0.6 is 0 Å². The molecule has 5 rings (SSSR count). The van der Waals surface area contributed by atoms with Gasteiger partial charge in [-0.1, -0.05) is 18.2 Å². The maximum absolute atomic E-state index is 9.83. The molecule has 3 aromatic rings. The van der Waals surface area contributed by atoms with E-state index in [1.165, 1.54) is 0 Å². The zero-order chi connectivity index (χ0) is 21.0. The number of hydrogen-bond donors (Lipinski definition) is 1. The van der Waals surface area contributed by atoms with Crippen molar-refractivity contribution in [1.29, 1.82) is 0 Å². The van der Waals surface area contributed by atoms with Crippen LogP contribution < -0.4 is 14.5 Å². The van der Waals surface area contributed by atoms with Gasteiger partial charge in [-0.15, -0.1) is 0 Å². The van der Waals surface area contributed by atoms with Gasteiger partial charge in [0.2, 0.25) is 0 Å². The molecule has 1 N–H and O–H groups in total. The molecule has 1 aromatic carbocycles. The first-order valence-electron chi connectivity index (χ1n) is 11.3. The second-order valence-corrected chi connectivity index (χ2v) is 8.40. The average molecular weight is 420 g/mol. The third-order valence-electron chi connectivity index (χ3n) is 6.32. The third-order valence-corrected chi connectivity index (χ3v) is 6.32. The molecule has 7 heteroatoms. The molecule has 2 atom stereocenters. The van der Waals surface area contributed by atoms with E-state index in [1.807, 2.05) is 12.1 Å². The monoisotopic (exact) mass is 419 g/mol. The van der Waals surface area contributed by atoms with Crippen molar-refractivity contribution in [3.63, 3.8) is 0 Å². The SMILES string of the molecule is OCC1CCCCN1c1nccnc1O[C@@H]1CCCN(c2ccc3ccccc3n2)C1. The van der Waals surface area contributed by atoms with Crippen molar-refractivity contribution in [3.8, 4) is 5.88 Å². The molecule has 4 heterocycles. The van der Waals surface area contributed by atoms with Crippen LogP contribution in [0.4, 0.5) is 11.6 Å². The lowest BCUT2D eigenvalue weighted by Crippen LogP contribution is -2.44. The minimum atomic E-state index is 0.0230. The summed E-state index contributed by atoms with van der Waals surface area (Å²) < 4.78 is 6.41. The van der Waals surface area contributed by atoms with Gasteiger partial charge in [0.05, 0.1) is 24.7 Å². The summed E-state index contributed by atoms with van der Waals surface area (Å²) in [5, 5.41) is 11.0. The Hall–Kier alpha value is -2.93. The second-order valence-electron chi connectivity index (χ2n) is 8.40. The Morgan fingerprint density at radius 2 is 1.87 bits per heavy atom. The highest BCUT2D eigenvalue weighted by molar-refractivity contribution is 5.80. The fourth-order valence-corrected chi connectivity index (χ4v) is 4.70. The van der Waals surface area contributed by atoms with E-state index in [1.54, 1.807) is 12.4 Å². The molecule has 31 heavy (non-hydrogen) atoms. The van der Waals surface area contributed by atoms with E-state index in [9.17, 15) is 5.11 Å². The first-order chi connectivity index (χ1) is 15.3. The molecule has 0 amide bonds. The molecule has 2 aliphatic rings. The predicted molar refractivity (Wildman–Crippen MR) is 122 cm³/mol. The van der Waals surface area contributed by atoms with Crippen LogP contribution in [0, 0.1) is 0 Å². The van der Waals surface area contributed by atoms with Crippen molar-refractivity contribution in [3.05, 3.63) is 48.8 Å². The van der Waals surface area contributed by atoms with Crippen molar-refractivity contribution in [1.82, 2.24) is 15.0 Å². The summed E-state index contributed by atoms with van der Waals surface area (Å²) in [4.78, 5) is 18.4. The van der Waals surface area contributed by atoms with Gasteiger partial charge in [0, 0.05) is 30.9 Å². The summed E-state index contributed by atoms with van der Waals surface area (Å²) in [6.07, 6.45) is 8.62. The minimum Gasteiger partial charge on any atom is -0.470 e. The normalized spacial score (nSPS) is 22.0. The van der Waals surface area contributed by atoms with E-state index in [4.69, 9.17) is 9.72 Å². The highest BCUT2D eigenvalue weighted by atomic mass is 16.5. The first kappa shape index (κ1) is 20.0.